The molecule has 0 aliphatic rings. The molecule has 6 heteroatoms. The molecular weight excluding hydrogens is 343 g/mol. The molecule has 0 radical (unpaired) electrons. The van der Waals surface area contributed by atoms with E-state index in [-0.39, 0.29) is 23.5 Å². The first-order chi connectivity index (χ1) is 13.0. The Labute approximate surface area is 157 Å². The topological polar surface area (TPSA) is 66.9 Å². The molecule has 1 aromatic heterocycles. The number of amides is 1. The van der Waals surface area contributed by atoms with Gasteiger partial charge in [-0.25, -0.2) is 14.4 Å². The van der Waals surface area contributed by atoms with Crippen LogP contribution in [0.1, 0.15) is 40.4 Å². The summed E-state index contributed by atoms with van der Waals surface area (Å²) in [7, 11) is 0. The molecule has 1 heterocycles. The summed E-state index contributed by atoms with van der Waals surface area (Å²) in [6, 6.07) is 17.7. The number of aromatic nitrogens is 2. The van der Waals surface area contributed by atoms with Crippen molar-refractivity contribution in [1.29, 1.82) is 0 Å². The second kappa shape index (κ2) is 8.40. The maximum absolute atomic E-state index is 13.0. The number of rotatable bonds is 6. The lowest BCUT2D eigenvalue weighted by Gasteiger charge is -2.16. The molecule has 3 rings (SSSR count). The van der Waals surface area contributed by atoms with Crippen molar-refractivity contribution < 1.29 is 9.18 Å². The van der Waals surface area contributed by atoms with Crippen molar-refractivity contribution in [2.75, 3.05) is 5.32 Å². The molecule has 2 N–H and O–H groups in total. The molecule has 0 saturated heterocycles. The second-order valence-corrected chi connectivity index (χ2v) is 6.27. The van der Waals surface area contributed by atoms with Crippen LogP contribution in [-0.2, 0) is 6.54 Å². The van der Waals surface area contributed by atoms with Crippen LogP contribution in [0.2, 0.25) is 0 Å². The number of nitrogens with one attached hydrogen (secondary N) is 2. The highest BCUT2D eigenvalue weighted by atomic mass is 19.1. The monoisotopic (exact) mass is 364 g/mol. The number of nitrogens with zero attached hydrogens (tertiary/aromatic N) is 2. The van der Waals surface area contributed by atoms with Crippen LogP contribution in [0, 0.1) is 12.7 Å². The van der Waals surface area contributed by atoms with Gasteiger partial charge in [0.15, 0.2) is 0 Å². The van der Waals surface area contributed by atoms with E-state index < -0.39 is 0 Å². The largest absolute Gasteiger partial charge is 0.363 e. The van der Waals surface area contributed by atoms with Gasteiger partial charge in [-0.2, -0.15) is 0 Å². The fraction of sp³-hybridized carbons (Fsp3) is 0.190. The highest BCUT2D eigenvalue weighted by molar-refractivity contribution is 5.92. The predicted molar refractivity (Wildman–Crippen MR) is 103 cm³/mol. The molecule has 27 heavy (non-hydrogen) atoms. The van der Waals surface area contributed by atoms with Gasteiger partial charge < -0.3 is 10.6 Å². The minimum Gasteiger partial charge on any atom is -0.363 e. The third-order valence-electron chi connectivity index (χ3n) is 4.10. The Hall–Kier alpha value is -3.28. The molecule has 5 nitrogen and oxygen atoms in total. The van der Waals surface area contributed by atoms with Crippen molar-refractivity contribution in [3.63, 3.8) is 0 Å². The van der Waals surface area contributed by atoms with Crippen LogP contribution in [-0.4, -0.2) is 15.9 Å². The molecule has 2 aromatic carbocycles. The number of carbonyl (C=O) groups is 1. The fourth-order valence-electron chi connectivity index (χ4n) is 2.68. The lowest BCUT2D eigenvalue weighted by atomic mass is 10.1. The molecule has 1 unspecified atom stereocenters. The molecule has 0 fully saturated rings. The van der Waals surface area contributed by atoms with E-state index >= 15 is 0 Å². The van der Waals surface area contributed by atoms with Crippen LogP contribution >= 0.6 is 0 Å². The minimum absolute atomic E-state index is 0.0376. The molecular formula is C21H21FN4O. The first-order valence-corrected chi connectivity index (χ1v) is 8.71. The average Bonchev–Trinajstić information content (AvgIpc) is 2.67. The molecule has 0 spiro atoms. The van der Waals surface area contributed by atoms with E-state index in [0.717, 1.165) is 11.1 Å². The Balaban J connectivity index is 1.68. The maximum atomic E-state index is 13.0. The van der Waals surface area contributed by atoms with Crippen molar-refractivity contribution in [3.8, 4) is 0 Å². The van der Waals surface area contributed by atoms with E-state index in [1.807, 2.05) is 37.3 Å². The quantitative estimate of drug-likeness (QED) is 0.693. The average molecular weight is 364 g/mol. The lowest BCUT2D eigenvalue weighted by Crippen LogP contribution is -2.24. The molecule has 1 atom stereocenters. The van der Waals surface area contributed by atoms with Gasteiger partial charge in [0.1, 0.15) is 23.2 Å². The molecule has 0 bridgehead atoms. The van der Waals surface area contributed by atoms with Crippen LogP contribution in [0.4, 0.5) is 10.2 Å². The number of aryl methyl sites for hydroxylation is 1. The minimum atomic E-state index is -0.306. The van der Waals surface area contributed by atoms with Crippen molar-refractivity contribution in [3.05, 3.63) is 89.1 Å². The molecule has 0 aliphatic carbocycles. The van der Waals surface area contributed by atoms with Gasteiger partial charge in [0.05, 0.1) is 0 Å². The zero-order chi connectivity index (χ0) is 19.2. The van der Waals surface area contributed by atoms with Gasteiger partial charge in [-0.15, -0.1) is 0 Å². The predicted octanol–water partition coefficient (Wildman–Crippen LogP) is 4.03. The van der Waals surface area contributed by atoms with Crippen molar-refractivity contribution in [2.24, 2.45) is 0 Å². The van der Waals surface area contributed by atoms with Gasteiger partial charge in [-0.1, -0.05) is 42.5 Å². The SMILES string of the molecule is Cc1nc(NC(C)c2ccccc2)cc(C(=O)NCc2ccc(F)cc2)n1. The van der Waals surface area contributed by atoms with Crippen molar-refractivity contribution in [1.82, 2.24) is 15.3 Å². The highest BCUT2D eigenvalue weighted by Gasteiger charge is 2.12. The summed E-state index contributed by atoms with van der Waals surface area (Å²) >= 11 is 0. The van der Waals surface area contributed by atoms with Crippen LogP contribution in [0.5, 0.6) is 0 Å². The summed E-state index contributed by atoms with van der Waals surface area (Å²) in [5, 5.41) is 6.10. The van der Waals surface area contributed by atoms with Crippen molar-refractivity contribution >= 4 is 11.7 Å². The van der Waals surface area contributed by atoms with Crippen LogP contribution < -0.4 is 10.6 Å². The molecule has 138 valence electrons. The first kappa shape index (κ1) is 18.5. The maximum Gasteiger partial charge on any atom is 0.270 e. The summed E-state index contributed by atoms with van der Waals surface area (Å²) < 4.78 is 13.0. The van der Waals surface area contributed by atoms with Gasteiger partial charge in [-0.05, 0) is 37.1 Å². The van der Waals surface area contributed by atoms with E-state index in [0.29, 0.717) is 18.2 Å². The van der Waals surface area contributed by atoms with E-state index in [2.05, 4.69) is 20.6 Å². The third kappa shape index (κ3) is 5.10. The number of benzene rings is 2. The molecule has 0 saturated carbocycles. The van der Waals surface area contributed by atoms with E-state index in [1.165, 1.54) is 12.1 Å². The van der Waals surface area contributed by atoms with Crippen LogP contribution in [0.3, 0.4) is 0 Å². The first-order valence-electron chi connectivity index (χ1n) is 8.71. The van der Waals surface area contributed by atoms with E-state index in [1.54, 1.807) is 25.1 Å². The van der Waals surface area contributed by atoms with Gasteiger partial charge in [0.25, 0.3) is 5.91 Å². The highest BCUT2D eigenvalue weighted by Crippen LogP contribution is 2.18. The number of anilines is 1. The third-order valence-corrected chi connectivity index (χ3v) is 4.10. The Morgan fingerprint density at radius 1 is 1.07 bits per heavy atom. The van der Waals surface area contributed by atoms with Gasteiger partial charge in [-0.3, -0.25) is 4.79 Å². The number of carbonyl (C=O) groups excluding carboxylic acids is 1. The number of hydrogen-bond donors (Lipinski definition) is 2. The molecule has 0 aliphatic heterocycles. The standard InChI is InChI=1S/C21H21FN4O/c1-14(17-6-4-3-5-7-17)24-20-12-19(25-15(2)26-20)21(27)23-13-16-8-10-18(22)11-9-16/h3-12,14H,13H2,1-2H3,(H,23,27)(H,24,25,26). The van der Waals surface area contributed by atoms with Crippen molar-refractivity contribution in [2.45, 2.75) is 26.4 Å². The zero-order valence-corrected chi connectivity index (χ0v) is 15.2. The Morgan fingerprint density at radius 3 is 2.48 bits per heavy atom. The number of hydrogen-bond acceptors (Lipinski definition) is 4. The van der Waals surface area contributed by atoms with Crippen LogP contribution in [0.25, 0.3) is 0 Å². The molecule has 3 aromatic rings. The van der Waals surface area contributed by atoms with E-state index in [9.17, 15) is 9.18 Å². The molecule has 1 amide bonds. The summed E-state index contributed by atoms with van der Waals surface area (Å²) in [4.78, 5) is 21.0. The Morgan fingerprint density at radius 2 is 1.78 bits per heavy atom. The van der Waals surface area contributed by atoms with Gasteiger partial charge >= 0.3 is 0 Å². The summed E-state index contributed by atoms with van der Waals surface area (Å²) in [6.45, 7) is 4.07. The Kier molecular flexibility index (Phi) is 5.76. The smallest absolute Gasteiger partial charge is 0.270 e. The Bertz CT molecular complexity index is 913. The lowest BCUT2D eigenvalue weighted by molar-refractivity contribution is 0.0945. The van der Waals surface area contributed by atoms with E-state index in [4.69, 9.17) is 0 Å². The fourth-order valence-corrected chi connectivity index (χ4v) is 2.68. The van der Waals surface area contributed by atoms with Gasteiger partial charge in [0.2, 0.25) is 0 Å². The summed E-state index contributed by atoms with van der Waals surface area (Å²) in [5.74, 6) is 0.484. The van der Waals surface area contributed by atoms with Gasteiger partial charge in [0, 0.05) is 18.7 Å². The number of halogens is 1. The van der Waals surface area contributed by atoms with Crippen LogP contribution in [0.15, 0.2) is 60.7 Å². The summed E-state index contributed by atoms with van der Waals surface area (Å²) in [6.07, 6.45) is 0. The summed E-state index contributed by atoms with van der Waals surface area (Å²) in [5.41, 5.74) is 2.22. The second-order valence-electron chi connectivity index (χ2n) is 6.27. The zero-order valence-electron chi connectivity index (χ0n) is 15.2. The normalized spacial score (nSPS) is 11.7.